The third kappa shape index (κ3) is 54.5. The van der Waals surface area contributed by atoms with E-state index in [0.717, 1.165) is 58.8 Å². The smallest absolute Gasteiger partial charge is 0.373 e. The molecule has 0 aliphatic carbocycles. The summed E-state index contributed by atoms with van der Waals surface area (Å²) >= 11 is 0. The fourth-order valence-corrected chi connectivity index (χ4v) is 16.3. The van der Waals surface area contributed by atoms with E-state index in [-0.39, 0.29) is 101 Å². The van der Waals surface area contributed by atoms with Crippen LogP contribution in [0, 0.1) is 91.7 Å². The van der Waals surface area contributed by atoms with Gasteiger partial charge in [-0.15, -0.1) is 0 Å². The minimum atomic E-state index is -0.804. The van der Waals surface area contributed by atoms with Crippen molar-refractivity contribution in [3.05, 3.63) is 266 Å². The van der Waals surface area contributed by atoms with Crippen LogP contribution in [-0.4, -0.2) is 131 Å². The van der Waals surface area contributed by atoms with Crippen LogP contribution in [0.2, 0.25) is 0 Å². The van der Waals surface area contributed by atoms with Gasteiger partial charge in [-0.05, 0) is 203 Å². The molecule has 1 amide bonds. The van der Waals surface area contributed by atoms with Gasteiger partial charge in [0.25, 0.3) is 12.0 Å². The summed E-state index contributed by atoms with van der Waals surface area (Å²) in [4.78, 5) is 124. The second-order valence-electron chi connectivity index (χ2n) is 48.3. The predicted molar refractivity (Wildman–Crippen MR) is 596 cm³/mol. The molecule has 818 valence electrons. The summed E-state index contributed by atoms with van der Waals surface area (Å²) in [6, 6.07) is 59.0. The predicted octanol–water partition coefficient (Wildman–Crippen LogP) is 25.0. The number of pyridine rings is 2. The Morgan fingerprint density at radius 2 is 1.01 bits per heavy atom. The van der Waals surface area contributed by atoms with Crippen molar-refractivity contribution < 1.29 is 73.0 Å². The van der Waals surface area contributed by atoms with E-state index in [4.69, 9.17) is 34.6 Å². The number of carbonyl (C=O) groups excluding carboxylic acids is 5. The maximum atomic E-state index is 13.1. The third-order valence-electron chi connectivity index (χ3n) is 25.4. The number of hydrogen-bond acceptors (Lipinski definition) is 18. The van der Waals surface area contributed by atoms with Crippen molar-refractivity contribution >= 4 is 53.7 Å². The lowest BCUT2D eigenvalue weighted by atomic mass is 9.70. The number of epoxide rings is 1. The van der Waals surface area contributed by atoms with Gasteiger partial charge < -0.3 is 45.7 Å². The van der Waals surface area contributed by atoms with Crippen LogP contribution >= 0.6 is 0 Å². The number of amides is 1. The van der Waals surface area contributed by atoms with Gasteiger partial charge in [0.05, 0.1) is 48.2 Å². The SMILES string of the molecule is C.C.CC(C(=O)O)C(C)(C)C.CC(C)(C)C(Cc1ccccc1)C(=O)O.CC(C)(C)C(Cc1ccccn1)OC=O.CC(C)CC(C(NC(Cc1ccccc1)C(=O)O)c1ccccc1)C(C)(C)C.CC(C)CC(NC(=O)C(Cc1ccccc1)C(C)(C)C)C(=O)C1(C)CO1.CC(N)=Nc1ccc(CC(C)(C)C)cc1.CCC(Cc1ccccn1)C(C)(C)C.Cc1cn(C2CC(O)C(CC(C)(C)C)O2)c(=O)[nH]c1=O.O=C=O. The third-order valence-corrected chi connectivity index (χ3v) is 25.4. The van der Waals surface area contributed by atoms with Crippen LogP contribution in [0.4, 0.5) is 5.69 Å². The number of aliphatic hydroxyl groups is 1. The van der Waals surface area contributed by atoms with Crippen LogP contribution in [-0.2, 0) is 91.1 Å². The number of aromatic amines is 1. The molecule has 13 atom stereocenters. The van der Waals surface area contributed by atoms with Gasteiger partial charge in [-0.3, -0.25) is 58.4 Å². The maximum Gasteiger partial charge on any atom is 0.373 e. The first-order valence-electron chi connectivity index (χ1n) is 51.0. The molecule has 2 saturated heterocycles. The first kappa shape index (κ1) is 136. The number of aryl methyl sites for hydroxylation is 1. The molecule has 3 aromatic heterocycles. The van der Waals surface area contributed by atoms with E-state index >= 15 is 0 Å². The van der Waals surface area contributed by atoms with E-state index in [2.05, 4.69) is 205 Å². The largest absolute Gasteiger partial charge is 0.481 e. The van der Waals surface area contributed by atoms with Crippen molar-refractivity contribution in [1.82, 2.24) is 30.2 Å². The van der Waals surface area contributed by atoms with E-state index in [1.807, 2.05) is 214 Å². The monoisotopic (exact) mass is 2040 g/mol. The van der Waals surface area contributed by atoms with Gasteiger partial charge in [-0.2, -0.15) is 9.59 Å². The molecule has 0 radical (unpaired) electrons. The molecule has 10 rings (SSSR count). The summed E-state index contributed by atoms with van der Waals surface area (Å²) in [5, 5.41) is 44.3. The minimum Gasteiger partial charge on any atom is -0.481 e. The molecule has 9 N–H and O–H groups in total. The highest BCUT2D eigenvalue weighted by molar-refractivity contribution is 5.97. The lowest BCUT2D eigenvalue weighted by molar-refractivity contribution is -0.192. The van der Waals surface area contributed by atoms with Gasteiger partial charge >= 0.3 is 29.7 Å². The van der Waals surface area contributed by atoms with Crippen molar-refractivity contribution in [1.29, 1.82) is 0 Å². The molecule has 2 fully saturated rings. The number of benzene rings is 5. The molecule has 8 aromatic rings. The van der Waals surface area contributed by atoms with Gasteiger partial charge in [-0.25, -0.2) is 9.79 Å². The second kappa shape index (κ2) is 63.6. The van der Waals surface area contributed by atoms with Crippen molar-refractivity contribution in [3.8, 4) is 0 Å². The topological polar surface area (TPSA) is 392 Å². The zero-order valence-corrected chi connectivity index (χ0v) is 93.7. The lowest BCUT2D eigenvalue weighted by Gasteiger charge is -2.40. The number of rotatable bonds is 32. The normalized spacial score (nSPS) is 16.8. The Bertz CT molecular complexity index is 5270. The lowest BCUT2D eigenvalue weighted by Crippen LogP contribution is -2.50. The molecule has 147 heavy (non-hydrogen) atoms. The molecule has 25 heteroatoms. The number of ketones is 1. The number of nitrogens with two attached hydrogens (primary N) is 1. The number of aromatic nitrogens is 4. The summed E-state index contributed by atoms with van der Waals surface area (Å²) in [5.74, 6) is -0.628. The molecule has 5 heterocycles. The highest BCUT2D eigenvalue weighted by atomic mass is 16.6. The Balaban J connectivity index is 0.00000168. The van der Waals surface area contributed by atoms with Crippen LogP contribution < -0.4 is 27.6 Å². The molecular formula is C122H188N8O17. The van der Waals surface area contributed by atoms with Gasteiger partial charge in [-0.1, -0.05) is 375 Å². The van der Waals surface area contributed by atoms with Crippen molar-refractivity contribution in [2.24, 2.45) is 95.5 Å². The number of hydrogen-bond donors (Lipinski definition) is 8. The Kier molecular flexibility index (Phi) is 58.7. The minimum absolute atomic E-state index is 0. The summed E-state index contributed by atoms with van der Waals surface area (Å²) in [6.07, 6.45) is 12.3. The van der Waals surface area contributed by atoms with Gasteiger partial charge in [0.2, 0.25) is 5.91 Å². The molecular weight excluding hydrogens is 1850 g/mol. The highest BCUT2D eigenvalue weighted by Gasteiger charge is 2.51. The Morgan fingerprint density at radius 3 is 1.36 bits per heavy atom. The highest BCUT2D eigenvalue weighted by Crippen LogP contribution is 2.43. The van der Waals surface area contributed by atoms with Crippen LogP contribution in [0.1, 0.15) is 326 Å². The second-order valence-corrected chi connectivity index (χ2v) is 48.3. The molecule has 0 saturated carbocycles. The van der Waals surface area contributed by atoms with E-state index in [1.165, 1.54) is 28.4 Å². The maximum absolute atomic E-state index is 13.1. The quantitative estimate of drug-likeness (QED) is 0.00840. The number of H-pyrrole nitrogens is 1. The number of amidine groups is 1. The van der Waals surface area contributed by atoms with Crippen LogP contribution in [0.5, 0.6) is 0 Å². The zero-order chi connectivity index (χ0) is 111. The average Bonchev–Trinajstić information content (AvgIpc) is 1.62. The Hall–Kier alpha value is -11.2. The zero-order valence-electron chi connectivity index (χ0n) is 93.7. The van der Waals surface area contributed by atoms with Crippen molar-refractivity contribution in [2.45, 2.75) is 362 Å². The average molecular weight is 2040 g/mol. The molecule has 0 bridgehead atoms. The number of carboxylic acid groups (broad SMARTS) is 3. The molecule has 2 aliphatic rings. The number of nitrogens with one attached hydrogen (secondary N) is 3. The molecule has 5 aromatic carbocycles. The van der Waals surface area contributed by atoms with Crippen molar-refractivity contribution in [2.75, 3.05) is 6.61 Å². The van der Waals surface area contributed by atoms with E-state index < -0.39 is 59.2 Å². The number of ether oxygens (including phenoxy) is 3. The first-order chi connectivity index (χ1) is 67.0. The molecule has 2 aliphatic heterocycles. The Labute approximate surface area is 882 Å². The van der Waals surface area contributed by atoms with E-state index in [9.17, 15) is 53.7 Å². The standard InChI is InChI=1S/C25H35NO2.C22H33NO3.C14H22N2O4.C13H20N2.C13H21N.C13H18O2.C12H17NO2.C7H14O2.CO2.2CH4/c1-18(2)16-21(25(3,4)5)23(20-14-10-7-11-15-20)26-22(24(27)28)17-19-12-8-6-9-13-19;1-15(2)12-18(19(24)22(6)14-26-22)23-20(25)17(21(3,4)5)13-16-10-8-7-9-11-16;1-8-7-16(13(19)15-12(8)18)11-5-9(17)10(20-11)6-14(2,3)4;1-10(14)15-12-7-5-11(6-8-12)9-13(2,3)4;1-5-11(13(2,3)4)10-12-8-6-7-9-14-12;1-13(2,3)11(12(14)15)9-10-7-5-4-6-8-10;1-12(2,3)11(15-9-14)8-10-6-4-5-7-13-10;1-5(6(8)9)7(2,3)4;2-1-3;;/h6-15,18,21-23,26H,16-17H2,1-5H3,(H,27,28);7-11,15,17-18H,12-14H2,1-6H3,(H,23,25);7,9-11,17H,5-6H2,1-4H3,(H,15,18,19);5-8H,9H2,1-4H3,(H2,14,15);6-9,11H,5,10H2,1-4H3;4-8,11H,9H2,1-3H3,(H,14,15);4-7,9,11H,8H2,1-3H3;5H,1-4H3,(H,8,9);;2*1H4. The van der Waals surface area contributed by atoms with Gasteiger partial charge in [0, 0.05) is 60.3 Å². The number of aliphatic carboxylic acids is 3. The number of Topliss-reactive ketones (excluding diaryl/α,β-unsaturated/α-hetero) is 1. The van der Waals surface area contributed by atoms with E-state index in [1.54, 1.807) is 33.9 Å². The number of nitrogens with zero attached hydrogens (tertiary/aromatic N) is 4. The number of carbonyl (C=O) groups is 6. The molecule has 25 nitrogen and oxygen atoms in total. The van der Waals surface area contributed by atoms with Gasteiger partial charge in [0.1, 0.15) is 24.0 Å². The number of aliphatic imine (C=N–C) groups is 1. The van der Waals surface area contributed by atoms with Crippen molar-refractivity contribution in [3.63, 3.8) is 0 Å². The number of carboxylic acids is 3. The summed E-state index contributed by atoms with van der Waals surface area (Å²) in [5.41, 5.74) is 13.4. The number of aliphatic hydroxyl groups excluding tert-OH is 1. The summed E-state index contributed by atoms with van der Waals surface area (Å²) in [7, 11) is 0. The molecule has 13 unspecified atom stereocenters. The van der Waals surface area contributed by atoms with E-state index in [0.29, 0.717) is 98.0 Å². The van der Waals surface area contributed by atoms with Gasteiger partial charge in [0.15, 0.2) is 5.78 Å². The first-order valence-corrected chi connectivity index (χ1v) is 51.0. The summed E-state index contributed by atoms with van der Waals surface area (Å²) in [6.45, 7) is 69.4. The van der Waals surface area contributed by atoms with Crippen LogP contribution in [0.3, 0.4) is 0 Å². The Morgan fingerprint density at radius 1 is 0.565 bits per heavy atom. The fourth-order valence-electron chi connectivity index (χ4n) is 16.3. The fraction of sp³-hybridized carbons (Fsp3) is 0.574. The van der Waals surface area contributed by atoms with Crippen LogP contribution in [0.15, 0.2) is 215 Å². The molecule has 0 spiro atoms. The summed E-state index contributed by atoms with van der Waals surface area (Å²) < 4.78 is 17.6. The van der Waals surface area contributed by atoms with Crippen LogP contribution in [0.25, 0.3) is 0 Å².